The number of pyridine rings is 1. The highest BCUT2D eigenvalue weighted by molar-refractivity contribution is 6.01. The molecule has 0 unspecified atom stereocenters. The SMILES string of the molecule is O=C(CC1CCCCCC1)Nc1cccc2c(=O)n(Cc3ccc4c(c3)OCCO4)ccc12. The molecule has 1 aliphatic heterocycles. The summed E-state index contributed by atoms with van der Waals surface area (Å²) in [5.41, 5.74) is 1.59. The number of ether oxygens (including phenoxy) is 2. The Balaban J connectivity index is 1.34. The molecule has 1 fully saturated rings. The minimum Gasteiger partial charge on any atom is -0.486 e. The number of carbonyl (C=O) groups excluding carboxylic acids is 1. The summed E-state index contributed by atoms with van der Waals surface area (Å²) in [6.07, 6.45) is 9.60. The van der Waals surface area contributed by atoms with Crippen LogP contribution >= 0.6 is 0 Å². The first kappa shape index (κ1) is 21.6. The molecule has 1 aliphatic carbocycles. The lowest BCUT2D eigenvalue weighted by Gasteiger charge is -2.19. The second kappa shape index (κ2) is 9.69. The van der Waals surface area contributed by atoms with Crippen molar-refractivity contribution < 1.29 is 14.3 Å². The number of benzene rings is 2. The number of hydrogen-bond acceptors (Lipinski definition) is 4. The molecule has 6 heteroatoms. The highest BCUT2D eigenvalue weighted by Gasteiger charge is 2.17. The van der Waals surface area contributed by atoms with Crippen LogP contribution in [0.4, 0.5) is 5.69 Å². The van der Waals surface area contributed by atoms with Crippen molar-refractivity contribution in [1.82, 2.24) is 4.57 Å². The molecule has 6 nitrogen and oxygen atoms in total. The summed E-state index contributed by atoms with van der Waals surface area (Å²) in [7, 11) is 0. The number of hydrogen-bond donors (Lipinski definition) is 1. The van der Waals surface area contributed by atoms with Crippen molar-refractivity contribution in [1.29, 1.82) is 0 Å². The van der Waals surface area contributed by atoms with Crippen molar-refractivity contribution in [2.24, 2.45) is 5.92 Å². The van der Waals surface area contributed by atoms with Gasteiger partial charge in [0.05, 0.1) is 6.54 Å². The van der Waals surface area contributed by atoms with Gasteiger partial charge in [0.1, 0.15) is 13.2 Å². The monoisotopic (exact) mass is 446 g/mol. The molecule has 0 radical (unpaired) electrons. The molecule has 33 heavy (non-hydrogen) atoms. The first-order valence-electron chi connectivity index (χ1n) is 12.0. The predicted octanol–water partition coefficient (Wildman–Crippen LogP) is 5.12. The molecule has 172 valence electrons. The molecule has 0 spiro atoms. The van der Waals surface area contributed by atoms with Crippen molar-refractivity contribution in [2.75, 3.05) is 18.5 Å². The highest BCUT2D eigenvalue weighted by atomic mass is 16.6. The molecule has 2 aliphatic rings. The number of amides is 1. The molecule has 0 saturated heterocycles. The van der Waals surface area contributed by atoms with Gasteiger partial charge in [-0.2, -0.15) is 0 Å². The summed E-state index contributed by atoms with van der Waals surface area (Å²) < 4.78 is 12.9. The average Bonchev–Trinajstić information content (AvgIpc) is 3.10. The number of nitrogens with one attached hydrogen (secondary N) is 1. The van der Waals surface area contributed by atoms with Crippen molar-refractivity contribution in [2.45, 2.75) is 51.5 Å². The minimum absolute atomic E-state index is 0.0369. The fourth-order valence-corrected chi connectivity index (χ4v) is 4.97. The van der Waals surface area contributed by atoms with Crippen molar-refractivity contribution >= 4 is 22.4 Å². The Morgan fingerprint density at radius 3 is 2.55 bits per heavy atom. The summed E-state index contributed by atoms with van der Waals surface area (Å²) in [6.45, 7) is 1.52. The van der Waals surface area contributed by atoms with Crippen LogP contribution in [-0.2, 0) is 11.3 Å². The standard InChI is InChI=1S/C27H30N2O4/c30-26(17-19-6-3-1-2-4-7-19)28-23-9-5-8-22-21(23)12-13-29(27(22)31)18-20-10-11-24-25(16-20)33-15-14-32-24/h5,8-13,16,19H,1-4,6-7,14-15,17-18H2,(H,28,30). The van der Waals surface area contributed by atoms with Crippen LogP contribution in [0.5, 0.6) is 11.5 Å². The molecule has 1 saturated carbocycles. The molecule has 0 atom stereocenters. The molecule has 3 aromatic rings. The molecule has 2 aromatic carbocycles. The molecule has 1 amide bonds. The van der Waals surface area contributed by atoms with Gasteiger partial charge >= 0.3 is 0 Å². The summed E-state index contributed by atoms with van der Waals surface area (Å²) in [5, 5.41) is 4.44. The van der Waals surface area contributed by atoms with E-state index in [0.29, 0.717) is 48.9 Å². The van der Waals surface area contributed by atoms with E-state index in [1.807, 2.05) is 42.5 Å². The van der Waals surface area contributed by atoms with Gasteiger partial charge in [0.25, 0.3) is 5.56 Å². The Hall–Kier alpha value is -3.28. The van der Waals surface area contributed by atoms with E-state index in [4.69, 9.17) is 9.47 Å². The van der Waals surface area contributed by atoms with Gasteiger partial charge in [-0.25, -0.2) is 0 Å². The molecule has 2 heterocycles. The predicted molar refractivity (Wildman–Crippen MR) is 129 cm³/mol. The number of carbonyl (C=O) groups is 1. The average molecular weight is 447 g/mol. The van der Waals surface area contributed by atoms with Gasteiger partial charge in [-0.15, -0.1) is 0 Å². The Bertz CT molecular complexity index is 1210. The van der Waals surface area contributed by atoms with Gasteiger partial charge in [-0.1, -0.05) is 37.8 Å². The fraction of sp³-hybridized carbons (Fsp3) is 0.407. The summed E-state index contributed by atoms with van der Waals surface area (Å²) in [6, 6.07) is 13.2. The number of nitrogens with zero attached hydrogens (tertiary/aromatic N) is 1. The zero-order valence-corrected chi connectivity index (χ0v) is 18.8. The van der Waals surface area contributed by atoms with Gasteiger partial charge in [-0.3, -0.25) is 9.59 Å². The number of rotatable bonds is 5. The second-order valence-electron chi connectivity index (χ2n) is 9.10. The first-order valence-corrected chi connectivity index (χ1v) is 12.0. The van der Waals surface area contributed by atoms with E-state index in [2.05, 4.69) is 5.32 Å². The maximum absolute atomic E-state index is 13.2. The van der Waals surface area contributed by atoms with Crippen LogP contribution in [0.2, 0.25) is 0 Å². The van der Waals surface area contributed by atoms with Crippen molar-refractivity contribution in [3.63, 3.8) is 0 Å². The van der Waals surface area contributed by atoms with E-state index < -0.39 is 0 Å². The van der Waals surface area contributed by atoms with Gasteiger partial charge < -0.3 is 19.4 Å². The molecular formula is C27H30N2O4. The van der Waals surface area contributed by atoms with E-state index in [1.165, 1.54) is 25.7 Å². The van der Waals surface area contributed by atoms with Crippen LogP contribution in [0.15, 0.2) is 53.5 Å². The normalized spacial score (nSPS) is 16.4. The maximum atomic E-state index is 13.2. The molecule has 1 aromatic heterocycles. The van der Waals surface area contributed by atoms with Crippen LogP contribution < -0.4 is 20.3 Å². The van der Waals surface area contributed by atoms with Crippen LogP contribution in [0.25, 0.3) is 10.8 Å². The van der Waals surface area contributed by atoms with Crippen LogP contribution in [0, 0.1) is 5.92 Å². The second-order valence-corrected chi connectivity index (χ2v) is 9.10. The molecular weight excluding hydrogens is 416 g/mol. The Kier molecular flexibility index (Phi) is 6.33. The largest absolute Gasteiger partial charge is 0.486 e. The van der Waals surface area contributed by atoms with Crippen LogP contribution in [-0.4, -0.2) is 23.7 Å². The van der Waals surface area contributed by atoms with E-state index in [0.717, 1.165) is 29.5 Å². The zero-order chi connectivity index (χ0) is 22.6. The van der Waals surface area contributed by atoms with E-state index in [-0.39, 0.29) is 11.5 Å². The third-order valence-electron chi connectivity index (χ3n) is 6.70. The smallest absolute Gasteiger partial charge is 0.258 e. The van der Waals surface area contributed by atoms with E-state index in [1.54, 1.807) is 10.8 Å². The van der Waals surface area contributed by atoms with E-state index in [9.17, 15) is 9.59 Å². The number of aromatic nitrogens is 1. The Labute approximate surface area is 193 Å². The summed E-state index contributed by atoms with van der Waals surface area (Å²) in [4.78, 5) is 25.9. The van der Waals surface area contributed by atoms with Gasteiger partial charge in [0, 0.05) is 29.1 Å². The minimum atomic E-state index is -0.0812. The number of anilines is 1. The Morgan fingerprint density at radius 1 is 0.939 bits per heavy atom. The quantitative estimate of drug-likeness (QED) is 0.552. The number of fused-ring (bicyclic) bond motifs is 2. The Morgan fingerprint density at radius 2 is 1.73 bits per heavy atom. The lowest BCUT2D eigenvalue weighted by molar-refractivity contribution is -0.117. The molecule has 5 rings (SSSR count). The van der Waals surface area contributed by atoms with Crippen LogP contribution in [0.3, 0.4) is 0 Å². The third kappa shape index (κ3) is 4.90. The van der Waals surface area contributed by atoms with Gasteiger partial charge in [0.2, 0.25) is 5.91 Å². The highest BCUT2D eigenvalue weighted by Crippen LogP contribution is 2.31. The van der Waals surface area contributed by atoms with Gasteiger partial charge in [0.15, 0.2) is 11.5 Å². The lowest BCUT2D eigenvalue weighted by Crippen LogP contribution is -2.21. The summed E-state index contributed by atoms with van der Waals surface area (Å²) in [5.74, 6) is 1.95. The fourth-order valence-electron chi connectivity index (χ4n) is 4.97. The van der Waals surface area contributed by atoms with Crippen LogP contribution in [0.1, 0.15) is 50.5 Å². The lowest BCUT2D eigenvalue weighted by atomic mass is 9.96. The maximum Gasteiger partial charge on any atom is 0.258 e. The zero-order valence-electron chi connectivity index (χ0n) is 18.8. The summed E-state index contributed by atoms with van der Waals surface area (Å²) >= 11 is 0. The van der Waals surface area contributed by atoms with Crippen molar-refractivity contribution in [3.05, 3.63) is 64.6 Å². The first-order chi connectivity index (χ1) is 16.2. The molecule has 1 N–H and O–H groups in total. The topological polar surface area (TPSA) is 69.6 Å². The van der Waals surface area contributed by atoms with E-state index >= 15 is 0 Å². The third-order valence-corrected chi connectivity index (χ3v) is 6.70. The van der Waals surface area contributed by atoms with Gasteiger partial charge in [-0.05, 0) is 54.7 Å². The molecule has 0 bridgehead atoms. The van der Waals surface area contributed by atoms with Crippen molar-refractivity contribution in [3.8, 4) is 11.5 Å².